The van der Waals surface area contributed by atoms with Gasteiger partial charge in [-0.1, -0.05) is 0 Å². The van der Waals surface area contributed by atoms with Gasteiger partial charge in [0.2, 0.25) is 0 Å². The van der Waals surface area contributed by atoms with Gasteiger partial charge in [0.25, 0.3) is 0 Å². The van der Waals surface area contributed by atoms with Crippen molar-refractivity contribution in [3.05, 3.63) is 24.9 Å². The Bertz CT molecular complexity index is 1040. The van der Waals surface area contributed by atoms with Gasteiger partial charge >= 0.3 is 37.3 Å². The fourth-order valence-electron chi connectivity index (χ4n) is 3.56. The number of oxazole rings is 2. The van der Waals surface area contributed by atoms with Gasteiger partial charge in [-0.3, -0.25) is 0 Å². The number of nitrogens with zero attached hydrogens (tertiary/aromatic N) is 8. The zero-order valence-electron chi connectivity index (χ0n) is 19.9. The molecular formula is C18H22MoN8O4S8. The maximum atomic E-state index is 8.50. The molecule has 212 valence electrons. The van der Waals surface area contributed by atoms with E-state index in [4.69, 9.17) is 89.8 Å². The molecule has 0 unspecified atom stereocenters. The van der Waals surface area contributed by atoms with Crippen molar-refractivity contribution >= 4 is 129 Å². The van der Waals surface area contributed by atoms with E-state index in [2.05, 4.69) is 35.2 Å². The summed E-state index contributed by atoms with van der Waals surface area (Å²) in [6, 6.07) is 0.580. The summed E-state index contributed by atoms with van der Waals surface area (Å²) in [5, 5.41) is 10.3. The molecule has 2 aliphatic rings. The average molecular weight is 767 g/mol. The van der Waals surface area contributed by atoms with Crippen molar-refractivity contribution in [1.29, 1.82) is 0 Å². The van der Waals surface area contributed by atoms with Crippen molar-refractivity contribution in [2.24, 2.45) is 0 Å². The van der Waals surface area contributed by atoms with E-state index in [1.165, 1.54) is 34.9 Å². The van der Waals surface area contributed by atoms with E-state index in [1.54, 1.807) is 10.2 Å². The number of hydrogen-bond acceptors (Lipinski definition) is 14. The van der Waals surface area contributed by atoms with E-state index in [1.807, 2.05) is 10.0 Å². The molecule has 0 spiro atoms. The van der Waals surface area contributed by atoms with Crippen LogP contribution in [-0.4, -0.2) is 73.7 Å². The van der Waals surface area contributed by atoms with Gasteiger partial charge in [-0.05, 0) is 58.8 Å². The van der Waals surface area contributed by atoms with Crippen molar-refractivity contribution in [3.8, 4) is 0 Å². The number of rotatable bonds is 4. The molecule has 0 radical (unpaired) electrons. The van der Waals surface area contributed by atoms with Crippen LogP contribution in [0.1, 0.15) is 25.7 Å². The molecule has 39 heavy (non-hydrogen) atoms. The molecule has 0 bridgehead atoms. The van der Waals surface area contributed by atoms with Crippen LogP contribution in [0.25, 0.3) is 0 Å². The topological polar surface area (TPSA) is 106 Å². The van der Waals surface area contributed by atoms with Gasteiger partial charge < -0.3 is 58.5 Å². The zero-order valence-corrected chi connectivity index (χ0v) is 28.6. The Kier molecular flexibility index (Phi) is 15.9. The number of anilines is 2. The van der Waals surface area contributed by atoms with Crippen LogP contribution in [0, 0.1) is 0 Å². The van der Waals surface area contributed by atoms with Gasteiger partial charge in [-0.15, -0.1) is 25.3 Å². The van der Waals surface area contributed by atoms with Crippen LogP contribution in [0.15, 0.2) is 33.8 Å². The molecule has 4 rings (SSSR count). The van der Waals surface area contributed by atoms with Crippen LogP contribution < -0.4 is 10.0 Å². The van der Waals surface area contributed by atoms with E-state index in [9.17, 15) is 0 Å². The van der Waals surface area contributed by atoms with E-state index in [0.717, 1.165) is 51.9 Å². The summed E-state index contributed by atoms with van der Waals surface area (Å²) in [5.41, 5.74) is 0. The average Bonchev–Trinajstić information content (AvgIpc) is 3.70. The van der Waals surface area contributed by atoms with Crippen LogP contribution in [-0.2, 0) is 50.5 Å². The van der Waals surface area contributed by atoms with E-state index in [0.29, 0.717) is 20.7 Å². The molecule has 2 fully saturated rings. The molecule has 0 amide bonds. The predicted molar refractivity (Wildman–Crippen MR) is 168 cm³/mol. The summed E-state index contributed by atoms with van der Waals surface area (Å²) < 4.78 is 28.6. The number of thiol groups is 2. The second-order valence-corrected chi connectivity index (χ2v) is 11.9. The van der Waals surface area contributed by atoms with Crippen molar-refractivity contribution in [1.82, 2.24) is 30.2 Å². The second kappa shape index (κ2) is 18.0. The van der Waals surface area contributed by atoms with Gasteiger partial charge in [-0.25, -0.2) is 20.0 Å². The molecule has 0 atom stereocenters. The Morgan fingerprint density at radius 2 is 1.08 bits per heavy atom. The van der Waals surface area contributed by atoms with Gasteiger partial charge in [-0.2, -0.15) is 20.3 Å². The maximum absolute atomic E-state index is 8.50. The first-order valence-corrected chi connectivity index (χ1v) is 15.9. The van der Waals surface area contributed by atoms with Gasteiger partial charge in [0.05, 0.1) is 12.4 Å². The fourth-order valence-corrected chi connectivity index (χ4v) is 5.01. The minimum absolute atomic E-state index is 0.181. The summed E-state index contributed by atoms with van der Waals surface area (Å²) in [6.45, 7) is 3.48. The number of aromatic nitrogens is 2. The first-order valence-electron chi connectivity index (χ1n) is 10.9. The molecule has 0 aromatic carbocycles. The third-order valence-corrected chi connectivity index (χ3v) is 6.34. The van der Waals surface area contributed by atoms with Crippen LogP contribution in [0.4, 0.5) is 12.0 Å². The first-order chi connectivity index (χ1) is 18.6. The summed E-state index contributed by atoms with van der Waals surface area (Å²) >= 11 is 37.0. The van der Waals surface area contributed by atoms with Crippen molar-refractivity contribution < 1.29 is 34.1 Å². The summed E-state index contributed by atoms with van der Waals surface area (Å²) in [4.78, 5) is 8.11. The van der Waals surface area contributed by atoms with Crippen LogP contribution in [0.5, 0.6) is 0 Å². The molecule has 2 aromatic rings. The van der Waals surface area contributed by atoms with Crippen molar-refractivity contribution in [2.75, 3.05) is 36.2 Å². The normalized spacial score (nSPS) is 14.6. The van der Waals surface area contributed by atoms with E-state index >= 15 is 0 Å². The van der Waals surface area contributed by atoms with E-state index < -0.39 is 18.5 Å². The molecule has 0 aliphatic carbocycles. The monoisotopic (exact) mass is 768 g/mol. The molecule has 4 heterocycles. The van der Waals surface area contributed by atoms with Crippen molar-refractivity contribution in [3.63, 3.8) is 0 Å². The van der Waals surface area contributed by atoms with Crippen molar-refractivity contribution in [2.45, 2.75) is 25.7 Å². The SMILES string of the molecule is S=C([S-])N(c1ncco1)N(C(=S)S)N1CCCC1.S=C([S-])N(c1ncco1)N(C(=S)S)N1CCCC1.[O]=[Mo+2]=[O]. The quantitative estimate of drug-likeness (QED) is 0.156. The Hall–Kier alpha value is -0.672. The van der Waals surface area contributed by atoms with Gasteiger partial charge in [0.1, 0.15) is 12.5 Å². The third kappa shape index (κ3) is 10.3. The van der Waals surface area contributed by atoms with Gasteiger partial charge in [0.15, 0.2) is 8.64 Å². The number of thiocarbonyl (C=S) groups is 4. The Balaban J connectivity index is 0.000000249. The predicted octanol–water partition coefficient (Wildman–Crippen LogP) is 3.27. The summed E-state index contributed by atoms with van der Waals surface area (Å²) in [7, 11) is 0. The molecule has 2 aliphatic heterocycles. The first kappa shape index (κ1) is 34.5. The standard InChI is InChI=1S/2C9H12N4OS4.Mo.2O/c2*15-8(16)12(7-10-3-6-14-7)13(9(17)18)11-4-1-2-5-11;;;/h2*3,6H,1-2,4-5H2,(H,15,16)(H,17,18);;;/q;;+2;;/p-2. The molecule has 2 saturated heterocycles. The molecular weight excluding hydrogens is 745 g/mol. The molecule has 0 saturated carbocycles. The molecule has 2 aromatic heterocycles. The Morgan fingerprint density at radius 3 is 1.28 bits per heavy atom. The Morgan fingerprint density at radius 1 is 0.769 bits per heavy atom. The Labute approximate surface area is 277 Å². The van der Waals surface area contributed by atoms with E-state index in [-0.39, 0.29) is 8.64 Å². The second-order valence-electron chi connectivity index (χ2n) is 7.32. The summed E-state index contributed by atoms with van der Waals surface area (Å²) in [5.74, 6) is 0. The molecule has 21 heteroatoms. The molecule has 12 nitrogen and oxygen atoms in total. The zero-order chi connectivity index (χ0) is 28.9. The number of hydrogen-bond donors (Lipinski definition) is 2. The summed E-state index contributed by atoms with van der Waals surface area (Å²) in [6.07, 6.45) is 10.3. The van der Waals surface area contributed by atoms with Gasteiger partial charge in [0, 0.05) is 26.2 Å². The fraction of sp³-hybridized carbons (Fsp3) is 0.444. The third-order valence-electron chi connectivity index (χ3n) is 4.97. The van der Waals surface area contributed by atoms with Crippen LogP contribution >= 0.6 is 74.1 Å². The molecule has 0 N–H and O–H groups in total. The minimum atomic E-state index is -2.03. The number of hydrazine groups is 4. The van der Waals surface area contributed by atoms with Crippen LogP contribution in [0.2, 0.25) is 0 Å². The van der Waals surface area contributed by atoms with Crippen LogP contribution in [0.3, 0.4) is 0 Å².